The number of hydrogen-bond acceptors (Lipinski definition) is 7. The minimum atomic E-state index is -5.17. The Bertz CT molecular complexity index is 262. The summed E-state index contributed by atoms with van der Waals surface area (Å²) in [5, 5.41) is 8.33. The van der Waals surface area contributed by atoms with Gasteiger partial charge in [-0.3, -0.25) is 13.2 Å². The fraction of sp³-hybridized carbons (Fsp3) is 0.833. The van der Waals surface area contributed by atoms with E-state index in [9.17, 15) is 4.79 Å². The van der Waals surface area contributed by atoms with E-state index in [1.807, 2.05) is 0 Å². The first kappa shape index (κ1) is 21.2. The minimum absolute atomic E-state index is 0. The van der Waals surface area contributed by atoms with E-state index in [0.29, 0.717) is 13.0 Å². The van der Waals surface area contributed by atoms with Crippen LogP contribution in [-0.4, -0.2) is 41.2 Å². The second-order valence-corrected chi connectivity index (χ2v) is 3.45. The Hall–Kier alpha value is -0.117. The first-order valence-corrected chi connectivity index (χ1v) is 5.37. The van der Waals surface area contributed by atoms with Gasteiger partial charge in [0.1, 0.15) is 6.04 Å². The second kappa shape index (κ2) is 11.4. The SMILES string of the molecule is NCCCC[C@H](N)C(=O)O.O=S(=O)([O-])[O-].[Zn+2]. The van der Waals surface area contributed by atoms with Crippen LogP contribution in [0.25, 0.3) is 0 Å². The number of carboxylic acid groups (broad SMARTS) is 1. The molecule has 0 aliphatic heterocycles. The molecule has 0 spiro atoms. The third-order valence-corrected chi connectivity index (χ3v) is 1.29. The van der Waals surface area contributed by atoms with Crippen molar-refractivity contribution in [3.8, 4) is 0 Å². The van der Waals surface area contributed by atoms with Crippen molar-refractivity contribution in [3.05, 3.63) is 0 Å². The average molecular weight is 308 g/mol. The molecular weight excluding hydrogens is 294 g/mol. The molecule has 0 aromatic carbocycles. The topological polar surface area (TPSA) is 170 Å². The van der Waals surface area contributed by atoms with Crippen LogP contribution in [0.4, 0.5) is 0 Å². The molecule has 0 aliphatic rings. The van der Waals surface area contributed by atoms with Crippen LogP contribution in [0.15, 0.2) is 0 Å². The molecule has 0 radical (unpaired) electrons. The molecular formula is C6H14N2O6SZn. The number of aliphatic carboxylic acids is 1. The Morgan fingerprint density at radius 1 is 1.31 bits per heavy atom. The van der Waals surface area contributed by atoms with Gasteiger partial charge in [-0.2, -0.15) is 0 Å². The molecule has 10 heteroatoms. The third kappa shape index (κ3) is 29.2. The zero-order valence-corrected chi connectivity index (χ0v) is 12.4. The van der Waals surface area contributed by atoms with Crippen LogP contribution in [0.5, 0.6) is 0 Å². The van der Waals surface area contributed by atoms with Gasteiger partial charge in [0.25, 0.3) is 0 Å². The molecule has 0 heterocycles. The Morgan fingerprint density at radius 2 is 1.69 bits per heavy atom. The van der Waals surface area contributed by atoms with Crippen LogP contribution < -0.4 is 11.5 Å². The number of carbonyl (C=O) groups is 1. The number of unbranched alkanes of at least 4 members (excludes halogenated alkanes) is 1. The Labute approximate surface area is 107 Å². The predicted octanol–water partition coefficient (Wildman–Crippen LogP) is -1.81. The van der Waals surface area contributed by atoms with E-state index < -0.39 is 22.4 Å². The van der Waals surface area contributed by atoms with Gasteiger partial charge in [0.05, 0.1) is 0 Å². The molecule has 0 aromatic rings. The van der Waals surface area contributed by atoms with Gasteiger partial charge in [-0.1, -0.05) is 6.42 Å². The summed E-state index contributed by atoms with van der Waals surface area (Å²) in [5.41, 5.74) is 10.4. The number of rotatable bonds is 5. The minimum Gasteiger partial charge on any atom is -0.759 e. The van der Waals surface area contributed by atoms with E-state index in [0.717, 1.165) is 12.8 Å². The van der Waals surface area contributed by atoms with Crippen molar-refractivity contribution in [1.29, 1.82) is 0 Å². The molecule has 0 bridgehead atoms. The van der Waals surface area contributed by atoms with E-state index in [-0.39, 0.29) is 19.5 Å². The van der Waals surface area contributed by atoms with Crippen LogP contribution >= 0.6 is 0 Å². The second-order valence-electron chi connectivity index (χ2n) is 2.64. The largest absolute Gasteiger partial charge is 2.00 e. The molecule has 16 heavy (non-hydrogen) atoms. The number of nitrogens with two attached hydrogens (primary N) is 2. The van der Waals surface area contributed by atoms with Gasteiger partial charge < -0.3 is 25.7 Å². The molecule has 0 aromatic heterocycles. The molecule has 0 unspecified atom stereocenters. The van der Waals surface area contributed by atoms with Crippen molar-refractivity contribution in [2.75, 3.05) is 6.54 Å². The Kier molecular flexibility index (Phi) is 15.1. The summed E-state index contributed by atoms with van der Waals surface area (Å²) >= 11 is 0. The van der Waals surface area contributed by atoms with Crippen molar-refractivity contribution in [2.45, 2.75) is 25.3 Å². The van der Waals surface area contributed by atoms with Gasteiger partial charge in [0.15, 0.2) is 0 Å². The summed E-state index contributed by atoms with van der Waals surface area (Å²) in [6, 6.07) is -0.716. The predicted molar refractivity (Wildman–Crippen MR) is 49.0 cm³/mol. The van der Waals surface area contributed by atoms with E-state index in [2.05, 4.69) is 0 Å². The van der Waals surface area contributed by atoms with Gasteiger partial charge in [-0.05, 0) is 19.4 Å². The zero-order chi connectivity index (χ0) is 12.5. The molecule has 0 aliphatic carbocycles. The zero-order valence-electron chi connectivity index (χ0n) is 8.66. The maximum atomic E-state index is 10.1. The van der Waals surface area contributed by atoms with Crippen molar-refractivity contribution in [3.63, 3.8) is 0 Å². The summed E-state index contributed by atoms with van der Waals surface area (Å²) in [6.07, 6.45) is 2.16. The first-order chi connectivity index (χ1) is 6.68. The maximum absolute atomic E-state index is 10.1. The summed E-state index contributed by atoms with van der Waals surface area (Å²) in [5.74, 6) is -0.933. The standard InChI is InChI=1S/C6H14N2O2.H2O4S.Zn/c7-4-2-1-3-5(8)6(9)10;1-5(2,3)4;/h5H,1-4,7-8H2,(H,9,10);(H2,1,2,3,4);/q;;+2/p-2/t5-;;/m0../s1. The molecule has 8 nitrogen and oxygen atoms in total. The molecule has 0 amide bonds. The van der Waals surface area contributed by atoms with Crippen molar-refractivity contribution >= 4 is 16.4 Å². The van der Waals surface area contributed by atoms with Crippen molar-refractivity contribution in [1.82, 2.24) is 0 Å². The first-order valence-electron chi connectivity index (χ1n) is 4.03. The van der Waals surface area contributed by atoms with Gasteiger partial charge >= 0.3 is 25.4 Å². The van der Waals surface area contributed by atoms with Gasteiger partial charge in [0, 0.05) is 10.4 Å². The monoisotopic (exact) mass is 306 g/mol. The average Bonchev–Trinajstić information content (AvgIpc) is 2.01. The summed E-state index contributed by atoms with van der Waals surface area (Å²) in [7, 11) is -5.17. The normalized spacial score (nSPS) is 11.8. The van der Waals surface area contributed by atoms with E-state index in [4.69, 9.17) is 34.1 Å². The van der Waals surface area contributed by atoms with Crippen LogP contribution in [-0.2, 0) is 34.7 Å². The number of carboxylic acids is 1. The molecule has 92 valence electrons. The van der Waals surface area contributed by atoms with E-state index in [1.165, 1.54) is 0 Å². The quantitative estimate of drug-likeness (QED) is 0.231. The van der Waals surface area contributed by atoms with Crippen molar-refractivity contribution in [2.24, 2.45) is 11.5 Å². The van der Waals surface area contributed by atoms with Gasteiger partial charge in [-0.15, -0.1) is 0 Å². The van der Waals surface area contributed by atoms with Gasteiger partial charge in [-0.25, -0.2) is 0 Å². The molecule has 0 fully saturated rings. The Balaban J connectivity index is -0.000000242. The summed E-state index contributed by atoms with van der Waals surface area (Å²) in [4.78, 5) is 10.1. The summed E-state index contributed by atoms with van der Waals surface area (Å²) < 4.78 is 34.1. The van der Waals surface area contributed by atoms with Crippen LogP contribution in [0.2, 0.25) is 0 Å². The van der Waals surface area contributed by atoms with Crippen molar-refractivity contribution < 1.29 is 46.9 Å². The van der Waals surface area contributed by atoms with E-state index >= 15 is 0 Å². The van der Waals surface area contributed by atoms with Crippen LogP contribution in [0.1, 0.15) is 19.3 Å². The fourth-order valence-electron chi connectivity index (χ4n) is 0.632. The van der Waals surface area contributed by atoms with Crippen LogP contribution in [0.3, 0.4) is 0 Å². The molecule has 0 rings (SSSR count). The van der Waals surface area contributed by atoms with Gasteiger partial charge in [0.2, 0.25) is 0 Å². The smallest absolute Gasteiger partial charge is 0.759 e. The van der Waals surface area contributed by atoms with Crippen LogP contribution in [0, 0.1) is 0 Å². The Morgan fingerprint density at radius 3 is 1.94 bits per heavy atom. The molecule has 5 N–H and O–H groups in total. The molecule has 1 atom stereocenters. The number of hydrogen-bond donors (Lipinski definition) is 3. The van der Waals surface area contributed by atoms with E-state index in [1.54, 1.807) is 0 Å². The molecule has 0 saturated heterocycles. The maximum Gasteiger partial charge on any atom is 2.00 e. The fourth-order valence-corrected chi connectivity index (χ4v) is 0.632. The summed E-state index contributed by atoms with van der Waals surface area (Å²) in [6.45, 7) is 0.604. The molecule has 0 saturated carbocycles. The third-order valence-electron chi connectivity index (χ3n) is 1.29.